The summed E-state index contributed by atoms with van der Waals surface area (Å²) >= 11 is 5.65. The van der Waals surface area contributed by atoms with Crippen LogP contribution in [0.25, 0.3) is 0 Å². The molecule has 2 aromatic carbocycles. The summed E-state index contributed by atoms with van der Waals surface area (Å²) < 4.78 is 2.09. The monoisotopic (exact) mass is 415 g/mol. The zero-order valence-corrected chi connectivity index (χ0v) is 13.4. The van der Waals surface area contributed by atoms with Gasteiger partial charge in [0.2, 0.25) is 0 Å². The van der Waals surface area contributed by atoms with E-state index in [1.165, 1.54) is 0 Å². The molecule has 0 aliphatic rings. The van der Waals surface area contributed by atoms with E-state index in [4.69, 9.17) is 0 Å². The van der Waals surface area contributed by atoms with E-state index >= 15 is 0 Å². The van der Waals surface area contributed by atoms with Crippen molar-refractivity contribution < 1.29 is 4.79 Å². The SMILES string of the molecule is Cc1ccc(C(=O)Nc2ccc(Br)c(I)c2)cc1. The molecule has 2 rings (SSSR count). The predicted octanol–water partition coefficient (Wildman–Crippen LogP) is 4.61. The van der Waals surface area contributed by atoms with Crippen LogP contribution in [0.3, 0.4) is 0 Å². The molecule has 18 heavy (non-hydrogen) atoms. The van der Waals surface area contributed by atoms with E-state index in [-0.39, 0.29) is 5.91 Å². The molecule has 92 valence electrons. The molecule has 0 fully saturated rings. The third-order valence-corrected chi connectivity index (χ3v) is 4.82. The summed E-state index contributed by atoms with van der Waals surface area (Å²) in [6.07, 6.45) is 0. The van der Waals surface area contributed by atoms with Gasteiger partial charge in [0.1, 0.15) is 0 Å². The summed E-state index contributed by atoms with van der Waals surface area (Å²) in [7, 11) is 0. The number of benzene rings is 2. The Kier molecular flexibility index (Phi) is 4.40. The van der Waals surface area contributed by atoms with Crippen LogP contribution in [-0.2, 0) is 0 Å². The predicted molar refractivity (Wildman–Crippen MR) is 86.0 cm³/mol. The van der Waals surface area contributed by atoms with Crippen molar-refractivity contribution in [2.45, 2.75) is 6.92 Å². The molecule has 0 saturated heterocycles. The maximum absolute atomic E-state index is 12.0. The van der Waals surface area contributed by atoms with E-state index in [1.807, 2.05) is 49.4 Å². The number of anilines is 1. The number of halogens is 2. The van der Waals surface area contributed by atoms with Gasteiger partial charge >= 0.3 is 0 Å². The lowest BCUT2D eigenvalue weighted by atomic mass is 10.1. The molecule has 0 aliphatic heterocycles. The lowest BCUT2D eigenvalue weighted by Crippen LogP contribution is -2.11. The van der Waals surface area contributed by atoms with Crippen LogP contribution in [0.15, 0.2) is 46.9 Å². The van der Waals surface area contributed by atoms with Gasteiger partial charge in [-0.15, -0.1) is 0 Å². The van der Waals surface area contributed by atoms with Crippen LogP contribution < -0.4 is 5.32 Å². The average molecular weight is 416 g/mol. The number of carbonyl (C=O) groups is 1. The van der Waals surface area contributed by atoms with Crippen molar-refractivity contribution in [1.82, 2.24) is 0 Å². The Labute approximate surface area is 128 Å². The van der Waals surface area contributed by atoms with E-state index < -0.39 is 0 Å². The highest BCUT2D eigenvalue weighted by atomic mass is 127. The summed E-state index contributed by atoms with van der Waals surface area (Å²) in [6.45, 7) is 2.00. The average Bonchev–Trinajstić information content (AvgIpc) is 2.34. The molecule has 0 aliphatic carbocycles. The van der Waals surface area contributed by atoms with E-state index in [1.54, 1.807) is 0 Å². The minimum Gasteiger partial charge on any atom is -0.322 e. The van der Waals surface area contributed by atoms with Gasteiger partial charge in [-0.2, -0.15) is 0 Å². The van der Waals surface area contributed by atoms with Crippen molar-refractivity contribution >= 4 is 50.1 Å². The Morgan fingerprint density at radius 3 is 2.44 bits per heavy atom. The molecule has 0 radical (unpaired) electrons. The van der Waals surface area contributed by atoms with Crippen molar-refractivity contribution in [3.8, 4) is 0 Å². The maximum atomic E-state index is 12.0. The maximum Gasteiger partial charge on any atom is 0.255 e. The summed E-state index contributed by atoms with van der Waals surface area (Å²) in [5.74, 6) is -0.0897. The summed E-state index contributed by atoms with van der Waals surface area (Å²) in [6, 6.07) is 13.2. The normalized spacial score (nSPS) is 10.2. The Balaban J connectivity index is 2.16. The van der Waals surface area contributed by atoms with Crippen LogP contribution in [0, 0.1) is 10.5 Å². The van der Waals surface area contributed by atoms with E-state index in [0.29, 0.717) is 5.56 Å². The molecule has 0 spiro atoms. The fourth-order valence-corrected chi connectivity index (χ4v) is 2.24. The summed E-state index contributed by atoms with van der Waals surface area (Å²) in [4.78, 5) is 12.0. The lowest BCUT2D eigenvalue weighted by molar-refractivity contribution is 0.102. The minimum absolute atomic E-state index is 0.0897. The molecular formula is C14H11BrINO. The zero-order chi connectivity index (χ0) is 13.1. The molecule has 0 heterocycles. The second-order valence-corrected chi connectivity index (χ2v) is 5.97. The second-order valence-electron chi connectivity index (χ2n) is 3.95. The molecule has 2 nitrogen and oxygen atoms in total. The van der Waals surface area contributed by atoms with Crippen LogP contribution >= 0.6 is 38.5 Å². The van der Waals surface area contributed by atoms with Crippen molar-refractivity contribution in [1.29, 1.82) is 0 Å². The Bertz CT molecular complexity index is 581. The topological polar surface area (TPSA) is 29.1 Å². The largest absolute Gasteiger partial charge is 0.322 e. The molecule has 0 unspecified atom stereocenters. The molecule has 0 atom stereocenters. The molecule has 1 N–H and O–H groups in total. The molecule has 0 aromatic heterocycles. The molecule has 4 heteroatoms. The summed E-state index contributed by atoms with van der Waals surface area (Å²) in [5, 5.41) is 2.88. The molecular weight excluding hydrogens is 405 g/mol. The van der Waals surface area contributed by atoms with Crippen molar-refractivity contribution in [2.75, 3.05) is 5.32 Å². The van der Waals surface area contributed by atoms with E-state index in [2.05, 4.69) is 43.8 Å². The Hall–Kier alpha value is -0.880. The highest BCUT2D eigenvalue weighted by molar-refractivity contribution is 14.1. The molecule has 0 saturated carbocycles. The first kappa shape index (κ1) is 13.5. The van der Waals surface area contributed by atoms with Gasteiger partial charge in [-0.3, -0.25) is 4.79 Å². The van der Waals surface area contributed by atoms with Gasteiger partial charge in [0.05, 0.1) is 0 Å². The van der Waals surface area contributed by atoms with Crippen LogP contribution in [0.5, 0.6) is 0 Å². The fraction of sp³-hybridized carbons (Fsp3) is 0.0714. The van der Waals surface area contributed by atoms with Gasteiger partial charge in [-0.05, 0) is 75.8 Å². The van der Waals surface area contributed by atoms with Gasteiger partial charge in [0.15, 0.2) is 0 Å². The van der Waals surface area contributed by atoms with Crippen LogP contribution in [0.2, 0.25) is 0 Å². The highest BCUT2D eigenvalue weighted by Gasteiger charge is 2.06. The number of amides is 1. The first-order valence-corrected chi connectivity index (χ1v) is 7.26. The molecule has 2 aromatic rings. The molecule has 0 bridgehead atoms. The fourth-order valence-electron chi connectivity index (χ4n) is 1.48. The first-order chi connectivity index (χ1) is 8.56. The Morgan fingerprint density at radius 1 is 1.17 bits per heavy atom. The zero-order valence-electron chi connectivity index (χ0n) is 9.71. The van der Waals surface area contributed by atoms with Crippen LogP contribution in [0.1, 0.15) is 15.9 Å². The number of nitrogens with one attached hydrogen (secondary N) is 1. The van der Waals surface area contributed by atoms with Crippen molar-refractivity contribution in [3.05, 3.63) is 61.6 Å². The van der Waals surface area contributed by atoms with Crippen molar-refractivity contribution in [2.24, 2.45) is 0 Å². The minimum atomic E-state index is -0.0897. The first-order valence-electron chi connectivity index (χ1n) is 5.39. The summed E-state index contributed by atoms with van der Waals surface area (Å²) in [5.41, 5.74) is 2.61. The van der Waals surface area contributed by atoms with Gasteiger partial charge in [0.25, 0.3) is 5.91 Å². The van der Waals surface area contributed by atoms with E-state index in [9.17, 15) is 4.79 Å². The standard InChI is InChI=1S/C14H11BrINO/c1-9-2-4-10(5-3-9)14(18)17-11-6-7-12(15)13(16)8-11/h2-8H,1H3,(H,17,18). The number of hydrogen-bond acceptors (Lipinski definition) is 1. The quantitative estimate of drug-likeness (QED) is 0.712. The number of hydrogen-bond donors (Lipinski definition) is 1. The smallest absolute Gasteiger partial charge is 0.255 e. The van der Waals surface area contributed by atoms with Gasteiger partial charge in [-0.25, -0.2) is 0 Å². The van der Waals surface area contributed by atoms with E-state index in [0.717, 1.165) is 19.3 Å². The van der Waals surface area contributed by atoms with Crippen molar-refractivity contribution in [3.63, 3.8) is 0 Å². The third kappa shape index (κ3) is 3.32. The highest BCUT2D eigenvalue weighted by Crippen LogP contribution is 2.22. The van der Waals surface area contributed by atoms with Crippen LogP contribution in [-0.4, -0.2) is 5.91 Å². The van der Waals surface area contributed by atoms with Crippen LogP contribution in [0.4, 0.5) is 5.69 Å². The second kappa shape index (κ2) is 5.84. The number of carbonyl (C=O) groups excluding carboxylic acids is 1. The third-order valence-electron chi connectivity index (χ3n) is 2.49. The molecule has 1 amide bonds. The van der Waals surface area contributed by atoms with Gasteiger partial charge in [0, 0.05) is 19.3 Å². The number of aryl methyl sites for hydroxylation is 1. The number of rotatable bonds is 2. The Morgan fingerprint density at radius 2 is 1.83 bits per heavy atom. The lowest BCUT2D eigenvalue weighted by Gasteiger charge is -2.06. The van der Waals surface area contributed by atoms with Gasteiger partial charge in [-0.1, -0.05) is 17.7 Å². The van der Waals surface area contributed by atoms with Gasteiger partial charge < -0.3 is 5.32 Å².